The Bertz CT molecular complexity index is 1450. The Morgan fingerprint density at radius 2 is 1.77 bits per heavy atom. The third kappa shape index (κ3) is 7.00. The van der Waals surface area contributed by atoms with Gasteiger partial charge in [-0.1, -0.05) is 30.3 Å². The van der Waals surface area contributed by atoms with Crippen LogP contribution in [0.3, 0.4) is 0 Å². The Morgan fingerprint density at radius 3 is 2.42 bits per heavy atom. The fourth-order valence-corrected chi connectivity index (χ4v) is 6.71. The van der Waals surface area contributed by atoms with Crippen LogP contribution in [0.25, 0.3) is 0 Å². The molecule has 0 spiro atoms. The number of fused-ring (bicyclic) bond motifs is 1. The maximum absolute atomic E-state index is 13.2. The molecule has 1 aliphatic rings. The summed E-state index contributed by atoms with van der Waals surface area (Å²) >= 11 is 2.79. The molecule has 4 rings (SSSR count). The van der Waals surface area contributed by atoms with Crippen LogP contribution in [0, 0.1) is 0 Å². The molecule has 0 bridgehead atoms. The van der Waals surface area contributed by atoms with Crippen molar-refractivity contribution in [3.8, 4) is 0 Å². The van der Waals surface area contributed by atoms with Crippen LogP contribution in [0.4, 0.5) is 10.7 Å². The van der Waals surface area contributed by atoms with E-state index in [0.29, 0.717) is 22.2 Å². The lowest BCUT2D eigenvalue weighted by Gasteiger charge is -2.22. The molecule has 0 saturated carbocycles. The van der Waals surface area contributed by atoms with Crippen molar-refractivity contribution < 1.29 is 29.0 Å². The minimum absolute atomic E-state index is 0.0672. The molecule has 40 heavy (non-hydrogen) atoms. The van der Waals surface area contributed by atoms with E-state index < -0.39 is 23.1 Å². The molecule has 0 unspecified atom stereocenters. The molecule has 208 valence electrons. The van der Waals surface area contributed by atoms with Crippen LogP contribution in [-0.4, -0.2) is 41.2 Å². The number of hydrogen-bond acceptors (Lipinski definition) is 7. The van der Waals surface area contributed by atoms with Crippen molar-refractivity contribution in [1.82, 2.24) is 0 Å². The van der Waals surface area contributed by atoms with Crippen LogP contribution in [0.1, 0.15) is 52.5 Å². The van der Waals surface area contributed by atoms with Gasteiger partial charge in [-0.05, 0) is 74.4 Å². The maximum Gasteiger partial charge on any atom is 0.341 e. The van der Waals surface area contributed by atoms with Gasteiger partial charge in [0, 0.05) is 27.1 Å². The van der Waals surface area contributed by atoms with Gasteiger partial charge in [0.15, 0.2) is 0 Å². The highest BCUT2D eigenvalue weighted by atomic mass is 32.2. The zero-order valence-corrected chi connectivity index (χ0v) is 24.0. The quantitative estimate of drug-likeness (QED) is 0.164. The van der Waals surface area contributed by atoms with Gasteiger partial charge in [-0.25, -0.2) is 9.59 Å². The molecular weight excluding hydrogens is 548 g/mol. The number of benzene rings is 2. The summed E-state index contributed by atoms with van der Waals surface area (Å²) in [5.41, 5.74) is 3.12. The number of aliphatic carboxylic acids is 1. The van der Waals surface area contributed by atoms with Gasteiger partial charge in [0.1, 0.15) is 5.00 Å². The summed E-state index contributed by atoms with van der Waals surface area (Å²) in [6.45, 7) is 3.13. The summed E-state index contributed by atoms with van der Waals surface area (Å²) in [6.07, 6.45) is 3.49. The number of carboxylic acid groups (broad SMARTS) is 1. The minimum atomic E-state index is -1.16. The second kappa shape index (κ2) is 13.0. The van der Waals surface area contributed by atoms with E-state index in [0.717, 1.165) is 40.7 Å². The number of esters is 1. The van der Waals surface area contributed by atoms with Gasteiger partial charge in [0.25, 0.3) is 0 Å². The standard InChI is InChI=1S/C30H30N2O6S2/c1-17(29(35)36)15-25(33)31-21-10-12-22(13-11-21)39-18(2)27(34)32-28-26(30(37)38-3)23-14-9-20(16-24(23)40-28)19-7-5-4-6-8-19/h4-8,10-13,15,18,20H,9,14,16H2,1-3H3,(H,31,33)(H,32,34)(H,35,36)/b17-15+/t18-,20+/m1/s1. The van der Waals surface area contributed by atoms with Gasteiger partial charge in [-0.2, -0.15) is 0 Å². The van der Waals surface area contributed by atoms with Crippen LogP contribution in [0.5, 0.6) is 0 Å². The maximum atomic E-state index is 13.2. The molecule has 0 saturated heterocycles. The Labute approximate surface area is 240 Å². The van der Waals surface area contributed by atoms with E-state index >= 15 is 0 Å². The number of anilines is 2. The number of carbonyl (C=O) groups excluding carboxylic acids is 3. The number of carboxylic acids is 1. The van der Waals surface area contributed by atoms with E-state index in [1.165, 1.54) is 42.7 Å². The monoisotopic (exact) mass is 578 g/mol. The normalized spacial score (nSPS) is 15.5. The second-order valence-electron chi connectivity index (χ2n) is 9.45. The fraction of sp³-hybridized carbons (Fsp3) is 0.267. The summed E-state index contributed by atoms with van der Waals surface area (Å²) in [6, 6.07) is 17.2. The fourth-order valence-electron chi connectivity index (χ4n) is 4.53. The van der Waals surface area contributed by atoms with E-state index in [1.54, 1.807) is 31.2 Å². The molecule has 10 heteroatoms. The van der Waals surface area contributed by atoms with Gasteiger partial charge in [-0.15, -0.1) is 23.1 Å². The van der Waals surface area contributed by atoms with Crippen LogP contribution >= 0.6 is 23.1 Å². The van der Waals surface area contributed by atoms with E-state index in [1.807, 2.05) is 18.2 Å². The zero-order valence-electron chi connectivity index (χ0n) is 22.4. The molecule has 1 heterocycles. The molecule has 3 aromatic rings. The lowest BCUT2D eigenvalue weighted by molar-refractivity contribution is -0.132. The number of thiophene rings is 1. The lowest BCUT2D eigenvalue weighted by atomic mass is 9.83. The second-order valence-corrected chi connectivity index (χ2v) is 12.0. The lowest BCUT2D eigenvalue weighted by Crippen LogP contribution is -2.23. The first-order valence-electron chi connectivity index (χ1n) is 12.7. The molecule has 2 aromatic carbocycles. The predicted octanol–water partition coefficient (Wildman–Crippen LogP) is 5.90. The first kappa shape index (κ1) is 29.1. The van der Waals surface area contributed by atoms with Crippen molar-refractivity contribution in [3.05, 3.63) is 87.8 Å². The topological polar surface area (TPSA) is 122 Å². The largest absolute Gasteiger partial charge is 0.478 e. The first-order valence-corrected chi connectivity index (χ1v) is 14.4. The van der Waals surface area contributed by atoms with E-state index in [9.17, 15) is 19.2 Å². The van der Waals surface area contributed by atoms with Crippen molar-refractivity contribution in [2.45, 2.75) is 49.2 Å². The average molecular weight is 579 g/mol. The number of hydrogen-bond donors (Lipinski definition) is 3. The highest BCUT2D eigenvalue weighted by molar-refractivity contribution is 8.00. The van der Waals surface area contributed by atoms with Crippen molar-refractivity contribution in [2.24, 2.45) is 0 Å². The SMILES string of the molecule is COC(=O)c1c(NC(=O)[C@@H](C)Sc2ccc(NC(=O)/C=C(\C)C(=O)O)cc2)sc2c1CC[C@H](c1ccccc1)C2. The number of nitrogens with one attached hydrogen (secondary N) is 2. The Kier molecular flexibility index (Phi) is 9.44. The highest BCUT2D eigenvalue weighted by Crippen LogP contribution is 2.43. The molecule has 2 amide bonds. The van der Waals surface area contributed by atoms with Crippen molar-refractivity contribution in [3.63, 3.8) is 0 Å². The number of methoxy groups -OCH3 is 1. The molecule has 1 aromatic heterocycles. The Hall–Kier alpha value is -3.89. The number of thioether (sulfide) groups is 1. The Balaban J connectivity index is 1.42. The van der Waals surface area contributed by atoms with Crippen molar-refractivity contribution in [2.75, 3.05) is 17.7 Å². The molecule has 8 nitrogen and oxygen atoms in total. The zero-order chi connectivity index (χ0) is 28.8. The van der Waals surface area contributed by atoms with Crippen molar-refractivity contribution >= 4 is 57.5 Å². The van der Waals surface area contributed by atoms with Crippen LogP contribution in [-0.2, 0) is 32.0 Å². The van der Waals surface area contributed by atoms with Crippen LogP contribution in [0.15, 0.2) is 71.1 Å². The molecule has 0 fully saturated rings. The van der Waals surface area contributed by atoms with Crippen LogP contribution < -0.4 is 10.6 Å². The van der Waals surface area contributed by atoms with Gasteiger partial charge in [-0.3, -0.25) is 9.59 Å². The Morgan fingerprint density at radius 1 is 1.07 bits per heavy atom. The molecule has 0 radical (unpaired) electrons. The first-order chi connectivity index (χ1) is 19.2. The predicted molar refractivity (Wildman–Crippen MR) is 157 cm³/mol. The number of ether oxygens (including phenoxy) is 1. The highest BCUT2D eigenvalue weighted by Gasteiger charge is 2.31. The smallest absolute Gasteiger partial charge is 0.341 e. The van der Waals surface area contributed by atoms with E-state index in [2.05, 4.69) is 22.8 Å². The van der Waals surface area contributed by atoms with E-state index in [-0.39, 0.29) is 11.5 Å². The van der Waals surface area contributed by atoms with Gasteiger partial charge in [0.05, 0.1) is 17.9 Å². The summed E-state index contributed by atoms with van der Waals surface area (Å²) < 4.78 is 5.07. The van der Waals surface area contributed by atoms with Crippen molar-refractivity contribution in [1.29, 1.82) is 0 Å². The van der Waals surface area contributed by atoms with Gasteiger partial charge >= 0.3 is 11.9 Å². The van der Waals surface area contributed by atoms with Gasteiger partial charge < -0.3 is 20.5 Å². The summed E-state index contributed by atoms with van der Waals surface area (Å²) in [5, 5.41) is 14.5. The van der Waals surface area contributed by atoms with Gasteiger partial charge in [0.2, 0.25) is 11.8 Å². The summed E-state index contributed by atoms with van der Waals surface area (Å²) in [5.74, 6) is -2.02. The summed E-state index contributed by atoms with van der Waals surface area (Å²) in [4.78, 5) is 50.7. The van der Waals surface area contributed by atoms with E-state index in [4.69, 9.17) is 9.84 Å². The molecule has 2 atom stereocenters. The molecule has 3 N–H and O–H groups in total. The minimum Gasteiger partial charge on any atom is -0.478 e. The molecule has 0 aliphatic heterocycles. The third-order valence-corrected chi connectivity index (χ3v) is 8.93. The number of rotatable bonds is 9. The van der Waals surface area contributed by atoms with Crippen LogP contribution in [0.2, 0.25) is 0 Å². The number of amides is 2. The number of carbonyl (C=O) groups is 4. The summed E-state index contributed by atoms with van der Waals surface area (Å²) in [7, 11) is 1.35. The molecular formula is C30H30N2O6S2. The third-order valence-electron chi connectivity index (χ3n) is 6.65. The average Bonchev–Trinajstić information content (AvgIpc) is 3.30. The molecule has 1 aliphatic carbocycles.